The number of aromatic nitrogens is 4. The fourth-order valence-electron chi connectivity index (χ4n) is 2.35. The van der Waals surface area contributed by atoms with Crippen LogP contribution in [0.4, 0.5) is 0 Å². The molecule has 0 spiro atoms. The molecule has 3 aromatic rings. The zero-order valence-electron chi connectivity index (χ0n) is 13.9. The van der Waals surface area contributed by atoms with E-state index in [-0.39, 0.29) is 11.7 Å². The first-order valence-electron chi connectivity index (χ1n) is 7.69. The van der Waals surface area contributed by atoms with Gasteiger partial charge in [-0.25, -0.2) is 9.50 Å². The molecule has 0 aliphatic rings. The molecule has 0 aliphatic heterocycles. The van der Waals surface area contributed by atoms with Crippen molar-refractivity contribution in [3.63, 3.8) is 0 Å². The van der Waals surface area contributed by atoms with Crippen LogP contribution in [0.15, 0.2) is 36.4 Å². The maximum absolute atomic E-state index is 12.5. The maximum Gasteiger partial charge on any atom is 0.293 e. The number of amides is 1. The highest BCUT2D eigenvalue weighted by Crippen LogP contribution is 2.09. The third-order valence-electron chi connectivity index (χ3n) is 3.59. The lowest BCUT2D eigenvalue weighted by atomic mass is 10.3. The molecule has 0 saturated carbocycles. The molecule has 7 heteroatoms. The van der Waals surface area contributed by atoms with E-state index in [1.807, 2.05) is 50.2 Å². The number of ether oxygens (including phenoxy) is 1. The Kier molecular flexibility index (Phi) is 4.41. The van der Waals surface area contributed by atoms with E-state index in [0.29, 0.717) is 18.9 Å². The molecule has 0 radical (unpaired) electrons. The topological polar surface area (TPSA) is 72.6 Å². The first-order valence-corrected chi connectivity index (χ1v) is 7.69. The second-order valence-electron chi connectivity index (χ2n) is 5.57. The molecule has 0 fully saturated rings. The molecular formula is C17H19N5O2. The summed E-state index contributed by atoms with van der Waals surface area (Å²) in [6, 6.07) is 11.4. The van der Waals surface area contributed by atoms with Gasteiger partial charge in [0.25, 0.3) is 11.7 Å². The summed E-state index contributed by atoms with van der Waals surface area (Å²) in [6.07, 6.45) is 0. The molecule has 0 unspecified atom stereocenters. The molecule has 7 nitrogen and oxygen atoms in total. The number of hydrogen-bond donors (Lipinski definition) is 0. The van der Waals surface area contributed by atoms with Gasteiger partial charge < -0.3 is 9.64 Å². The van der Waals surface area contributed by atoms with E-state index in [2.05, 4.69) is 15.1 Å². The maximum atomic E-state index is 12.5. The molecule has 0 N–H and O–H groups in total. The predicted molar refractivity (Wildman–Crippen MR) is 89.2 cm³/mol. The Balaban J connectivity index is 1.66. The highest BCUT2D eigenvalue weighted by molar-refractivity contribution is 5.90. The van der Waals surface area contributed by atoms with Crippen molar-refractivity contribution >= 4 is 11.7 Å². The molecule has 0 aliphatic carbocycles. The molecule has 0 saturated heterocycles. The summed E-state index contributed by atoms with van der Waals surface area (Å²) >= 11 is 0. The number of aryl methyl sites for hydroxylation is 2. The third-order valence-corrected chi connectivity index (χ3v) is 3.59. The molecule has 1 amide bonds. The van der Waals surface area contributed by atoms with Crippen molar-refractivity contribution in [1.82, 2.24) is 24.5 Å². The van der Waals surface area contributed by atoms with E-state index >= 15 is 0 Å². The monoisotopic (exact) mass is 325 g/mol. The normalized spacial score (nSPS) is 10.8. The van der Waals surface area contributed by atoms with Crippen LogP contribution in [0.3, 0.4) is 0 Å². The van der Waals surface area contributed by atoms with Gasteiger partial charge in [-0.1, -0.05) is 18.2 Å². The van der Waals surface area contributed by atoms with Crippen molar-refractivity contribution in [2.75, 3.05) is 20.2 Å². The van der Waals surface area contributed by atoms with Crippen molar-refractivity contribution in [1.29, 1.82) is 0 Å². The first kappa shape index (κ1) is 15.9. The van der Waals surface area contributed by atoms with Crippen LogP contribution in [0.2, 0.25) is 0 Å². The number of para-hydroxylation sites is 1. The van der Waals surface area contributed by atoms with Crippen LogP contribution >= 0.6 is 0 Å². The summed E-state index contributed by atoms with van der Waals surface area (Å²) in [5.41, 5.74) is 1.73. The molecule has 0 bridgehead atoms. The van der Waals surface area contributed by atoms with Crippen LogP contribution < -0.4 is 4.74 Å². The van der Waals surface area contributed by atoms with E-state index < -0.39 is 0 Å². The van der Waals surface area contributed by atoms with Gasteiger partial charge in [0.2, 0.25) is 5.82 Å². The number of carbonyl (C=O) groups is 1. The average molecular weight is 325 g/mol. The minimum atomic E-state index is -0.255. The minimum absolute atomic E-state index is 0.137. The quantitative estimate of drug-likeness (QED) is 0.716. The van der Waals surface area contributed by atoms with Gasteiger partial charge in [0, 0.05) is 18.4 Å². The van der Waals surface area contributed by atoms with Crippen molar-refractivity contribution in [3.05, 3.63) is 53.6 Å². The van der Waals surface area contributed by atoms with E-state index in [4.69, 9.17) is 4.74 Å². The number of fused-ring (bicyclic) bond motifs is 1. The smallest absolute Gasteiger partial charge is 0.293 e. The molecule has 124 valence electrons. The van der Waals surface area contributed by atoms with Crippen LogP contribution in [0.1, 0.15) is 22.0 Å². The van der Waals surface area contributed by atoms with Crippen molar-refractivity contribution < 1.29 is 9.53 Å². The van der Waals surface area contributed by atoms with Crippen LogP contribution in [0, 0.1) is 13.8 Å². The zero-order chi connectivity index (χ0) is 17.1. The Hall–Kier alpha value is -2.96. The summed E-state index contributed by atoms with van der Waals surface area (Å²) in [6.45, 7) is 4.63. The lowest BCUT2D eigenvalue weighted by Gasteiger charge is -2.15. The van der Waals surface area contributed by atoms with Gasteiger partial charge in [-0.05, 0) is 32.0 Å². The SMILES string of the molecule is Cc1cc(C)n2nc(C(=O)N(C)CCOc3ccccc3)nc2n1. The number of hydrogen-bond acceptors (Lipinski definition) is 5. The zero-order valence-corrected chi connectivity index (χ0v) is 13.9. The van der Waals surface area contributed by atoms with E-state index in [1.54, 1.807) is 16.5 Å². The molecule has 2 heterocycles. The number of carbonyl (C=O) groups excluding carboxylic acids is 1. The Morgan fingerprint density at radius 3 is 2.71 bits per heavy atom. The molecule has 0 atom stereocenters. The predicted octanol–water partition coefficient (Wildman–Crippen LogP) is 1.89. The molecule has 3 rings (SSSR count). The summed E-state index contributed by atoms with van der Waals surface area (Å²) in [5.74, 6) is 1.09. The van der Waals surface area contributed by atoms with Crippen LogP contribution in [0.5, 0.6) is 5.75 Å². The summed E-state index contributed by atoms with van der Waals surface area (Å²) in [5, 5.41) is 4.25. The Labute approximate surface area is 139 Å². The van der Waals surface area contributed by atoms with Gasteiger partial charge in [0.15, 0.2) is 0 Å². The van der Waals surface area contributed by atoms with Crippen LogP contribution in [-0.2, 0) is 0 Å². The van der Waals surface area contributed by atoms with Crippen LogP contribution in [0.25, 0.3) is 5.78 Å². The first-order chi connectivity index (χ1) is 11.5. The van der Waals surface area contributed by atoms with Crippen molar-refractivity contribution in [2.24, 2.45) is 0 Å². The number of likely N-dealkylation sites (N-methyl/N-ethyl adjacent to an activating group) is 1. The molecule has 2 aromatic heterocycles. The van der Waals surface area contributed by atoms with Crippen molar-refractivity contribution in [3.8, 4) is 5.75 Å². The Morgan fingerprint density at radius 1 is 1.21 bits per heavy atom. The average Bonchev–Trinajstić information content (AvgIpc) is 2.99. The van der Waals surface area contributed by atoms with E-state index in [1.165, 1.54) is 0 Å². The summed E-state index contributed by atoms with van der Waals surface area (Å²) in [7, 11) is 1.70. The summed E-state index contributed by atoms with van der Waals surface area (Å²) < 4.78 is 7.18. The van der Waals surface area contributed by atoms with Gasteiger partial charge in [-0.15, -0.1) is 5.10 Å². The second kappa shape index (κ2) is 6.66. The fraction of sp³-hybridized carbons (Fsp3) is 0.294. The van der Waals surface area contributed by atoms with Gasteiger partial charge in [0.1, 0.15) is 12.4 Å². The standard InChI is InChI=1S/C17H19N5O2/c1-12-11-13(2)22-17(18-12)19-15(20-22)16(23)21(3)9-10-24-14-7-5-4-6-8-14/h4-8,11H,9-10H2,1-3H3. The van der Waals surface area contributed by atoms with Gasteiger partial charge in [-0.2, -0.15) is 4.98 Å². The van der Waals surface area contributed by atoms with Crippen LogP contribution in [-0.4, -0.2) is 50.6 Å². The number of nitrogens with zero attached hydrogens (tertiary/aromatic N) is 5. The minimum Gasteiger partial charge on any atom is -0.492 e. The number of benzene rings is 1. The van der Waals surface area contributed by atoms with E-state index in [9.17, 15) is 4.79 Å². The van der Waals surface area contributed by atoms with Gasteiger partial charge in [0.05, 0.1) is 6.54 Å². The highest BCUT2D eigenvalue weighted by Gasteiger charge is 2.18. The van der Waals surface area contributed by atoms with Gasteiger partial charge >= 0.3 is 0 Å². The Bertz CT molecular complexity index is 860. The fourth-order valence-corrected chi connectivity index (χ4v) is 2.35. The van der Waals surface area contributed by atoms with Crippen molar-refractivity contribution in [2.45, 2.75) is 13.8 Å². The van der Waals surface area contributed by atoms with E-state index in [0.717, 1.165) is 17.1 Å². The molecule has 24 heavy (non-hydrogen) atoms. The molecule has 1 aromatic carbocycles. The Morgan fingerprint density at radius 2 is 1.96 bits per heavy atom. The lowest BCUT2D eigenvalue weighted by molar-refractivity contribution is 0.0762. The highest BCUT2D eigenvalue weighted by atomic mass is 16.5. The largest absolute Gasteiger partial charge is 0.492 e. The third kappa shape index (κ3) is 3.34. The summed E-state index contributed by atoms with van der Waals surface area (Å²) in [4.78, 5) is 22.5. The van der Waals surface area contributed by atoms with Gasteiger partial charge in [-0.3, -0.25) is 4.79 Å². The lowest BCUT2D eigenvalue weighted by Crippen LogP contribution is -2.31. The molecular weight excluding hydrogens is 306 g/mol. The number of rotatable bonds is 5. The second-order valence-corrected chi connectivity index (χ2v) is 5.57.